The molecule has 1 fully saturated rings. The molecule has 1 aliphatic rings. The van der Waals surface area contributed by atoms with E-state index >= 15 is 0 Å². The number of quaternary nitrogens is 1. The zero-order valence-electron chi connectivity index (χ0n) is 17.2. The SMILES string of the molecule is C[C@@H]1C[C@@H](C)C[NH+](CC(=O)Nc2cc(S(=O)(=O)N(C)C)ccc2N(C)C)C1. The molecule has 2 rings (SSSR count). The molecule has 1 heterocycles. The average Bonchev–Trinajstić information content (AvgIpc) is 2.53. The van der Waals surface area contributed by atoms with E-state index in [1.54, 1.807) is 18.2 Å². The maximum absolute atomic E-state index is 12.7. The summed E-state index contributed by atoms with van der Waals surface area (Å²) in [7, 11) is 3.16. The second kappa shape index (κ2) is 8.58. The molecule has 152 valence electrons. The summed E-state index contributed by atoms with van der Waals surface area (Å²) in [5.41, 5.74) is 1.29. The van der Waals surface area contributed by atoms with Crippen LogP contribution >= 0.6 is 0 Å². The quantitative estimate of drug-likeness (QED) is 0.733. The van der Waals surface area contributed by atoms with Crippen LogP contribution in [0, 0.1) is 11.8 Å². The number of likely N-dealkylation sites (tertiary alicyclic amines) is 1. The lowest BCUT2D eigenvalue weighted by Gasteiger charge is -2.31. The lowest BCUT2D eigenvalue weighted by molar-refractivity contribution is -0.904. The zero-order valence-corrected chi connectivity index (χ0v) is 18.1. The van der Waals surface area contributed by atoms with Crippen LogP contribution in [-0.2, 0) is 14.8 Å². The molecule has 1 aliphatic heterocycles. The van der Waals surface area contributed by atoms with Crippen molar-refractivity contribution in [2.45, 2.75) is 25.2 Å². The Balaban J connectivity index is 2.21. The predicted octanol–water partition coefficient (Wildman–Crippen LogP) is 0.502. The molecule has 1 aromatic rings. The standard InChI is InChI=1S/C19H32N4O3S/c1-14-9-15(2)12-23(11-14)13-19(24)20-17-10-16(27(25,26)22(5)6)7-8-18(17)21(3)4/h7-8,10,14-15H,9,11-13H2,1-6H3,(H,20,24)/p+1/t14-,15-/m1/s1. The Morgan fingerprint density at radius 1 is 1.15 bits per heavy atom. The number of hydrogen-bond acceptors (Lipinski definition) is 4. The van der Waals surface area contributed by atoms with Crippen LogP contribution in [0.1, 0.15) is 20.3 Å². The molecule has 0 saturated carbocycles. The third kappa shape index (κ3) is 5.43. The van der Waals surface area contributed by atoms with E-state index in [4.69, 9.17) is 0 Å². The fourth-order valence-corrected chi connectivity index (χ4v) is 4.79. The maximum Gasteiger partial charge on any atom is 0.279 e. The van der Waals surface area contributed by atoms with Gasteiger partial charge in [0.2, 0.25) is 10.0 Å². The summed E-state index contributed by atoms with van der Waals surface area (Å²) >= 11 is 0. The molecule has 1 saturated heterocycles. The predicted molar refractivity (Wildman–Crippen MR) is 109 cm³/mol. The minimum Gasteiger partial charge on any atom is -0.376 e. The topological polar surface area (TPSA) is 74.2 Å². The van der Waals surface area contributed by atoms with E-state index in [0.29, 0.717) is 24.1 Å². The summed E-state index contributed by atoms with van der Waals surface area (Å²) < 4.78 is 26.0. The zero-order chi connectivity index (χ0) is 20.4. The molecule has 0 bridgehead atoms. The Morgan fingerprint density at radius 3 is 2.26 bits per heavy atom. The van der Waals surface area contributed by atoms with Crippen molar-refractivity contribution >= 4 is 27.3 Å². The molecule has 0 aliphatic carbocycles. The minimum absolute atomic E-state index is 0.0891. The van der Waals surface area contributed by atoms with Gasteiger partial charge in [-0.25, -0.2) is 12.7 Å². The molecule has 1 aromatic carbocycles. The van der Waals surface area contributed by atoms with Gasteiger partial charge in [-0.3, -0.25) is 4.79 Å². The van der Waals surface area contributed by atoms with Gasteiger partial charge >= 0.3 is 0 Å². The summed E-state index contributed by atoms with van der Waals surface area (Å²) in [4.78, 5) is 16.0. The fraction of sp³-hybridized carbons (Fsp3) is 0.632. The smallest absolute Gasteiger partial charge is 0.279 e. The van der Waals surface area contributed by atoms with E-state index in [0.717, 1.165) is 18.8 Å². The number of anilines is 2. The molecule has 27 heavy (non-hydrogen) atoms. The van der Waals surface area contributed by atoms with Gasteiger partial charge < -0.3 is 15.1 Å². The molecule has 0 radical (unpaired) electrons. The van der Waals surface area contributed by atoms with Crippen LogP contribution in [0.5, 0.6) is 0 Å². The Kier molecular flexibility index (Phi) is 6.88. The maximum atomic E-state index is 12.7. The van der Waals surface area contributed by atoms with Crippen LogP contribution in [0.15, 0.2) is 23.1 Å². The van der Waals surface area contributed by atoms with Gasteiger partial charge in [0, 0.05) is 40.0 Å². The van der Waals surface area contributed by atoms with E-state index < -0.39 is 10.0 Å². The molecular formula is C19H33N4O3S+. The number of carbonyl (C=O) groups excluding carboxylic acids is 1. The van der Waals surface area contributed by atoms with Gasteiger partial charge in [-0.05, 0) is 24.6 Å². The number of carbonyl (C=O) groups is 1. The number of amides is 1. The third-order valence-corrected chi connectivity index (χ3v) is 6.80. The Hall–Kier alpha value is -1.64. The summed E-state index contributed by atoms with van der Waals surface area (Å²) in [6.45, 7) is 6.84. The number of hydrogen-bond donors (Lipinski definition) is 2. The highest BCUT2D eigenvalue weighted by Gasteiger charge is 2.27. The van der Waals surface area contributed by atoms with E-state index in [1.807, 2.05) is 19.0 Å². The molecule has 2 atom stereocenters. The van der Waals surface area contributed by atoms with Gasteiger partial charge in [0.25, 0.3) is 5.91 Å². The first kappa shape index (κ1) is 21.7. The highest BCUT2D eigenvalue weighted by Crippen LogP contribution is 2.28. The largest absolute Gasteiger partial charge is 0.376 e. The molecule has 1 amide bonds. The summed E-state index contributed by atoms with van der Waals surface area (Å²) in [5.74, 6) is 1.14. The normalized spacial score (nSPS) is 23.3. The lowest BCUT2D eigenvalue weighted by Crippen LogP contribution is -3.15. The monoisotopic (exact) mass is 397 g/mol. The van der Waals surface area contributed by atoms with E-state index in [9.17, 15) is 13.2 Å². The van der Waals surface area contributed by atoms with E-state index in [2.05, 4.69) is 19.2 Å². The highest BCUT2D eigenvalue weighted by molar-refractivity contribution is 7.89. The van der Waals surface area contributed by atoms with Crippen LogP contribution in [0.25, 0.3) is 0 Å². The lowest BCUT2D eigenvalue weighted by atomic mass is 9.92. The van der Waals surface area contributed by atoms with Crippen LogP contribution in [0.3, 0.4) is 0 Å². The highest BCUT2D eigenvalue weighted by atomic mass is 32.2. The average molecular weight is 398 g/mol. The summed E-state index contributed by atoms with van der Waals surface area (Å²) in [5, 5.41) is 2.94. The van der Waals surface area contributed by atoms with Crippen molar-refractivity contribution in [2.75, 3.05) is 58.0 Å². The van der Waals surface area contributed by atoms with Gasteiger partial charge in [0.15, 0.2) is 6.54 Å². The number of rotatable bonds is 6. The number of benzene rings is 1. The van der Waals surface area contributed by atoms with Crippen LogP contribution in [-0.4, -0.2) is 66.5 Å². The number of nitrogens with zero attached hydrogens (tertiary/aromatic N) is 2. The number of sulfonamides is 1. The molecule has 7 nitrogen and oxygen atoms in total. The number of piperidine rings is 1. The minimum atomic E-state index is -3.56. The van der Waals surface area contributed by atoms with Gasteiger partial charge in [-0.1, -0.05) is 13.8 Å². The molecule has 8 heteroatoms. The molecule has 2 N–H and O–H groups in total. The van der Waals surface area contributed by atoms with Crippen molar-refractivity contribution in [1.82, 2.24) is 4.31 Å². The van der Waals surface area contributed by atoms with Crippen molar-refractivity contribution in [3.8, 4) is 0 Å². The summed E-state index contributed by atoms with van der Waals surface area (Å²) in [6, 6.07) is 4.84. The van der Waals surface area contributed by atoms with E-state index in [1.165, 1.54) is 29.7 Å². The Labute approximate surface area is 163 Å². The Bertz CT molecular complexity index is 767. The van der Waals surface area contributed by atoms with Crippen molar-refractivity contribution in [2.24, 2.45) is 11.8 Å². The molecule has 0 aromatic heterocycles. The van der Waals surface area contributed by atoms with Gasteiger partial charge in [-0.2, -0.15) is 0 Å². The van der Waals surface area contributed by atoms with Gasteiger partial charge in [-0.15, -0.1) is 0 Å². The van der Waals surface area contributed by atoms with E-state index in [-0.39, 0.29) is 10.8 Å². The Morgan fingerprint density at radius 2 is 1.74 bits per heavy atom. The first-order chi connectivity index (χ1) is 12.5. The van der Waals surface area contributed by atoms with Crippen LogP contribution < -0.4 is 15.1 Å². The first-order valence-electron chi connectivity index (χ1n) is 9.38. The molecule has 0 spiro atoms. The van der Waals surface area contributed by atoms with Gasteiger partial charge in [0.05, 0.1) is 29.4 Å². The second-order valence-electron chi connectivity index (χ2n) is 8.19. The van der Waals surface area contributed by atoms with Crippen molar-refractivity contribution < 1.29 is 18.1 Å². The summed E-state index contributed by atoms with van der Waals surface area (Å²) in [6.07, 6.45) is 1.21. The van der Waals surface area contributed by atoms with Crippen molar-refractivity contribution in [3.63, 3.8) is 0 Å². The molecule has 0 unspecified atom stereocenters. The molecular weight excluding hydrogens is 364 g/mol. The first-order valence-corrected chi connectivity index (χ1v) is 10.8. The van der Waals surface area contributed by atoms with Crippen LogP contribution in [0.4, 0.5) is 11.4 Å². The van der Waals surface area contributed by atoms with Crippen molar-refractivity contribution in [1.29, 1.82) is 0 Å². The third-order valence-electron chi connectivity index (χ3n) is 4.99. The number of nitrogens with one attached hydrogen (secondary N) is 2. The van der Waals surface area contributed by atoms with Gasteiger partial charge in [0.1, 0.15) is 0 Å². The fourth-order valence-electron chi connectivity index (χ4n) is 3.86. The van der Waals surface area contributed by atoms with Crippen molar-refractivity contribution in [3.05, 3.63) is 18.2 Å². The second-order valence-corrected chi connectivity index (χ2v) is 10.3. The van der Waals surface area contributed by atoms with Crippen LogP contribution in [0.2, 0.25) is 0 Å².